The molecule has 54 heavy (non-hydrogen) atoms. The zero-order valence-corrected chi connectivity index (χ0v) is 30.6. The van der Waals surface area contributed by atoms with Gasteiger partial charge >= 0.3 is 12.2 Å². The van der Waals surface area contributed by atoms with E-state index in [-0.39, 0.29) is 23.9 Å². The number of aromatic nitrogens is 4. The second-order valence-electron chi connectivity index (χ2n) is 14.4. The van der Waals surface area contributed by atoms with E-state index in [0.29, 0.717) is 13.1 Å². The van der Waals surface area contributed by atoms with Gasteiger partial charge in [-0.1, -0.05) is 36.1 Å². The highest BCUT2D eigenvalue weighted by Crippen LogP contribution is 2.35. The van der Waals surface area contributed by atoms with Crippen LogP contribution in [0.15, 0.2) is 60.9 Å². The number of aromatic amines is 2. The van der Waals surface area contributed by atoms with E-state index in [1.165, 1.54) is 9.80 Å². The summed E-state index contributed by atoms with van der Waals surface area (Å²) in [5.41, 5.74) is 5.34. The van der Waals surface area contributed by atoms with Crippen molar-refractivity contribution in [2.45, 2.75) is 75.9 Å². The second kappa shape index (κ2) is 14.0. The molecule has 4 amide bonds. The third-order valence-electron chi connectivity index (χ3n) is 11.0. The third-order valence-corrected chi connectivity index (χ3v) is 11.0. The number of carbonyl (C=O) groups excluding carboxylic acids is 4. The van der Waals surface area contributed by atoms with Crippen LogP contribution in [0.2, 0.25) is 0 Å². The zero-order valence-electron chi connectivity index (χ0n) is 30.6. The van der Waals surface area contributed by atoms with E-state index >= 15 is 0 Å². The Kier molecular flexibility index (Phi) is 9.09. The maximum Gasteiger partial charge on any atom is 0.410 e. The molecule has 14 heteroatoms. The Morgan fingerprint density at radius 3 is 1.41 bits per heavy atom. The van der Waals surface area contributed by atoms with Crippen molar-refractivity contribution >= 4 is 24.0 Å². The summed E-state index contributed by atoms with van der Waals surface area (Å²) in [6, 6.07) is 14.2. The number of hydrogen-bond donors (Lipinski definition) is 2. The summed E-state index contributed by atoms with van der Waals surface area (Å²) >= 11 is 0. The van der Waals surface area contributed by atoms with E-state index in [0.717, 1.165) is 71.0 Å². The van der Waals surface area contributed by atoms with Gasteiger partial charge in [-0.3, -0.25) is 19.4 Å². The molecule has 0 radical (unpaired) electrons. The molecule has 6 atom stereocenters. The number of likely N-dealkylation sites (N-methyl/N-ethyl adjacent to an activating group) is 2. The van der Waals surface area contributed by atoms with Gasteiger partial charge in [0.1, 0.15) is 23.9 Å². The summed E-state index contributed by atoms with van der Waals surface area (Å²) in [6.07, 6.45) is 4.90. The van der Waals surface area contributed by atoms with Crippen molar-refractivity contribution in [3.8, 4) is 34.4 Å². The lowest BCUT2D eigenvalue weighted by Crippen LogP contribution is -2.48. The number of amides is 4. The van der Waals surface area contributed by atoms with Gasteiger partial charge in [-0.05, 0) is 74.9 Å². The van der Waals surface area contributed by atoms with E-state index in [1.54, 1.807) is 40.3 Å². The van der Waals surface area contributed by atoms with Crippen molar-refractivity contribution in [2.24, 2.45) is 0 Å². The molecule has 0 spiro atoms. The van der Waals surface area contributed by atoms with Crippen LogP contribution in [0.4, 0.5) is 9.59 Å². The average molecular weight is 731 g/mol. The summed E-state index contributed by atoms with van der Waals surface area (Å²) < 4.78 is 10.5. The first kappa shape index (κ1) is 35.0. The van der Waals surface area contributed by atoms with E-state index in [2.05, 4.69) is 31.8 Å². The lowest BCUT2D eigenvalue weighted by Gasteiger charge is -2.28. The molecule has 2 aromatic heterocycles. The number of imidazole rings is 2. The Bertz CT molecular complexity index is 2000. The van der Waals surface area contributed by atoms with Crippen molar-refractivity contribution in [3.63, 3.8) is 0 Å². The number of benzene rings is 2. The number of nitrogens with zero attached hydrogens (tertiary/aromatic N) is 6. The Labute approximate surface area is 312 Å². The molecule has 0 bridgehead atoms. The average Bonchev–Trinajstić information content (AvgIpc) is 4.02. The van der Waals surface area contributed by atoms with Crippen LogP contribution >= 0.6 is 0 Å². The largest absolute Gasteiger partial charge is 0.444 e. The van der Waals surface area contributed by atoms with Gasteiger partial charge in [0.2, 0.25) is 11.8 Å². The van der Waals surface area contributed by atoms with Crippen molar-refractivity contribution in [1.82, 2.24) is 39.5 Å². The smallest absolute Gasteiger partial charge is 0.410 e. The number of H-pyrrole nitrogens is 2. The predicted molar refractivity (Wildman–Crippen MR) is 196 cm³/mol. The van der Waals surface area contributed by atoms with Gasteiger partial charge in [0.15, 0.2) is 12.1 Å². The first-order valence-electron chi connectivity index (χ1n) is 18.4. The number of rotatable bonds is 6. The highest BCUT2D eigenvalue weighted by atomic mass is 16.6. The first-order chi connectivity index (χ1) is 26.1. The number of ether oxygens (including phenoxy) is 2. The molecule has 4 fully saturated rings. The van der Waals surface area contributed by atoms with Crippen molar-refractivity contribution < 1.29 is 28.7 Å². The van der Waals surface area contributed by atoms with Gasteiger partial charge in [-0.2, -0.15) is 0 Å². The molecule has 0 saturated carbocycles. The van der Waals surface area contributed by atoms with Crippen LogP contribution in [0.3, 0.4) is 0 Å². The van der Waals surface area contributed by atoms with E-state index in [4.69, 9.17) is 9.47 Å². The maximum atomic E-state index is 13.5. The number of likely N-dealkylation sites (tertiary alicyclic amines) is 2. The lowest BCUT2D eigenvalue weighted by atomic mass is 10.1. The first-order valence-corrected chi connectivity index (χ1v) is 18.4. The molecule has 14 nitrogen and oxygen atoms in total. The molecular weight excluding hydrogens is 688 g/mol. The fourth-order valence-corrected chi connectivity index (χ4v) is 8.09. The molecule has 4 aliphatic heterocycles. The van der Waals surface area contributed by atoms with Crippen molar-refractivity contribution in [3.05, 3.63) is 83.7 Å². The van der Waals surface area contributed by atoms with Crippen LogP contribution in [0.25, 0.3) is 22.5 Å². The Balaban J connectivity index is 0.896. The molecule has 4 saturated heterocycles. The number of nitrogens with one attached hydrogen (secondary N) is 2. The van der Waals surface area contributed by atoms with Gasteiger partial charge in [0.05, 0.1) is 35.9 Å². The van der Waals surface area contributed by atoms with Crippen molar-refractivity contribution in [2.75, 3.05) is 27.2 Å². The summed E-state index contributed by atoms with van der Waals surface area (Å²) in [7, 11) is 3.20. The fourth-order valence-electron chi connectivity index (χ4n) is 8.09. The van der Waals surface area contributed by atoms with E-state index < -0.39 is 36.5 Å². The molecule has 4 aliphatic rings. The summed E-state index contributed by atoms with van der Waals surface area (Å²) in [5.74, 6) is 7.69. The van der Waals surface area contributed by atoms with Gasteiger partial charge in [-0.15, -0.1) is 0 Å². The Hall–Kier alpha value is -6.10. The summed E-state index contributed by atoms with van der Waals surface area (Å²) in [4.78, 5) is 73.4. The minimum absolute atomic E-state index is 0.121. The van der Waals surface area contributed by atoms with Gasteiger partial charge in [0, 0.05) is 38.3 Å². The van der Waals surface area contributed by atoms with Crippen LogP contribution in [0.1, 0.15) is 74.4 Å². The van der Waals surface area contributed by atoms with Crippen LogP contribution in [0.5, 0.6) is 0 Å². The predicted octanol–water partition coefficient (Wildman–Crippen LogP) is 4.87. The zero-order chi connectivity index (χ0) is 37.7. The molecule has 8 rings (SSSR count). The molecule has 4 aromatic rings. The van der Waals surface area contributed by atoms with E-state index in [1.807, 2.05) is 58.3 Å². The monoisotopic (exact) mass is 730 g/mol. The SMILES string of the molecule is CC1OC(=O)N(C)C1C(=O)N1CCCC1c1ncc(-c2ccc(C#Cc3ccc(-c4cnc(C5CCCN5C(=O)C5C(C)OC(=O)N5C)[nH]4)cc3)cc2)[nH]1. The van der Waals surface area contributed by atoms with Crippen molar-refractivity contribution in [1.29, 1.82) is 0 Å². The van der Waals surface area contributed by atoms with Gasteiger partial charge in [0.25, 0.3) is 0 Å². The third kappa shape index (κ3) is 6.33. The normalized spacial score (nSPS) is 25.2. The Morgan fingerprint density at radius 1 is 0.667 bits per heavy atom. The quantitative estimate of drug-likeness (QED) is 0.266. The molecule has 0 aliphatic carbocycles. The van der Waals surface area contributed by atoms with Crippen LogP contribution in [-0.4, -0.2) is 115 Å². The van der Waals surface area contributed by atoms with Crippen LogP contribution < -0.4 is 0 Å². The van der Waals surface area contributed by atoms with Crippen LogP contribution in [0, 0.1) is 11.8 Å². The van der Waals surface area contributed by atoms with Crippen LogP contribution in [-0.2, 0) is 19.1 Å². The minimum Gasteiger partial charge on any atom is -0.444 e. The number of cyclic esters (lactones) is 2. The lowest BCUT2D eigenvalue weighted by molar-refractivity contribution is -0.138. The Morgan fingerprint density at radius 2 is 1.06 bits per heavy atom. The topological polar surface area (TPSA) is 157 Å². The second-order valence-corrected chi connectivity index (χ2v) is 14.4. The maximum absolute atomic E-state index is 13.5. The molecular formula is C40H42N8O6. The number of hydrogen-bond acceptors (Lipinski definition) is 8. The summed E-state index contributed by atoms with van der Waals surface area (Å²) in [6.45, 7) is 4.71. The molecule has 278 valence electrons. The summed E-state index contributed by atoms with van der Waals surface area (Å²) in [5, 5.41) is 0. The molecule has 6 unspecified atom stereocenters. The van der Waals surface area contributed by atoms with E-state index in [9.17, 15) is 19.2 Å². The molecule has 2 aromatic carbocycles. The molecule has 6 heterocycles. The fraction of sp³-hybridized carbons (Fsp3) is 0.400. The minimum atomic E-state index is -0.642. The number of carbonyl (C=O) groups is 4. The van der Waals surface area contributed by atoms with Gasteiger partial charge in [-0.25, -0.2) is 19.6 Å². The molecule has 2 N–H and O–H groups in total. The highest BCUT2D eigenvalue weighted by molar-refractivity contribution is 5.89. The highest BCUT2D eigenvalue weighted by Gasteiger charge is 2.47. The standard InChI is InChI=1S/C40H42N8O6/c1-23-33(45(3)39(51)53-23)37(49)47-19-5-7-31(47)35-41-21-29(43-35)27-15-11-25(12-16-27)9-10-26-13-17-28(18-14-26)30-22-42-36(44-30)32-8-6-20-48(32)38(50)34-24(2)54-40(52)46(34)4/h11-18,21-24,31-34H,5-8,19-20H2,1-4H3,(H,41,43)(H,42,44). The van der Waals surface area contributed by atoms with Gasteiger partial charge < -0.3 is 29.2 Å².